The smallest absolute Gasteiger partial charge is 0.317 e. The molecule has 8 heteroatoms. The second-order valence-electron chi connectivity index (χ2n) is 3.86. The van der Waals surface area contributed by atoms with Gasteiger partial charge >= 0.3 is 5.97 Å². The summed E-state index contributed by atoms with van der Waals surface area (Å²) in [6, 6.07) is 3.75. The second-order valence-corrected chi connectivity index (χ2v) is 4.89. The number of hydrogen-bond acceptors (Lipinski definition) is 5. The fourth-order valence-electron chi connectivity index (χ4n) is 1.44. The highest BCUT2D eigenvalue weighted by molar-refractivity contribution is 7.09. The Morgan fingerprint density at radius 2 is 2.05 bits per heavy atom. The van der Waals surface area contributed by atoms with Crippen LogP contribution in [0.3, 0.4) is 0 Å². The van der Waals surface area contributed by atoms with Crippen LogP contribution in [0.15, 0.2) is 17.5 Å². The number of aliphatic carboxylic acids is 1. The third-order valence-corrected chi connectivity index (χ3v) is 3.02. The molecule has 0 aliphatic rings. The topological polar surface area (TPSA) is 113 Å². The van der Waals surface area contributed by atoms with Crippen LogP contribution >= 0.6 is 11.3 Å². The highest BCUT2D eigenvalue weighted by Gasteiger charge is 2.15. The van der Waals surface area contributed by atoms with Crippen LogP contribution in [0, 0.1) is 0 Å². The fraction of sp³-hybridized carbons (Fsp3) is 0.364. The molecule has 2 amide bonds. The summed E-state index contributed by atoms with van der Waals surface area (Å²) in [6.45, 7) is -0.470. The van der Waals surface area contributed by atoms with Gasteiger partial charge in [-0.05, 0) is 11.4 Å². The highest BCUT2D eigenvalue weighted by atomic mass is 32.1. The van der Waals surface area contributed by atoms with Crippen LogP contribution < -0.4 is 11.1 Å². The Kier molecular flexibility index (Phi) is 5.97. The van der Waals surface area contributed by atoms with Gasteiger partial charge in [-0.15, -0.1) is 11.3 Å². The lowest BCUT2D eigenvalue weighted by molar-refractivity contribution is -0.139. The molecular weight excluding hydrogens is 270 g/mol. The molecule has 1 aromatic heterocycles. The molecule has 0 saturated heterocycles. The number of carboxylic acid groups (broad SMARTS) is 1. The van der Waals surface area contributed by atoms with E-state index in [1.54, 1.807) is 0 Å². The van der Waals surface area contributed by atoms with E-state index < -0.39 is 18.4 Å². The van der Waals surface area contributed by atoms with Crippen LogP contribution in [-0.4, -0.2) is 47.4 Å². The van der Waals surface area contributed by atoms with Crippen molar-refractivity contribution in [3.8, 4) is 0 Å². The van der Waals surface area contributed by atoms with Crippen molar-refractivity contribution in [1.29, 1.82) is 0 Å². The highest BCUT2D eigenvalue weighted by Crippen LogP contribution is 2.07. The predicted octanol–water partition coefficient (Wildman–Crippen LogP) is -0.764. The zero-order chi connectivity index (χ0) is 14.3. The van der Waals surface area contributed by atoms with E-state index in [9.17, 15) is 14.4 Å². The first-order valence-corrected chi connectivity index (χ1v) is 6.37. The predicted molar refractivity (Wildman–Crippen MR) is 69.4 cm³/mol. The molecule has 0 fully saturated rings. The van der Waals surface area contributed by atoms with Gasteiger partial charge in [0.25, 0.3) is 0 Å². The third kappa shape index (κ3) is 6.53. The van der Waals surface area contributed by atoms with Gasteiger partial charge in [-0.2, -0.15) is 0 Å². The Hall–Kier alpha value is -1.93. The van der Waals surface area contributed by atoms with Crippen LogP contribution in [-0.2, 0) is 20.9 Å². The largest absolute Gasteiger partial charge is 0.480 e. The maximum atomic E-state index is 11.6. The SMILES string of the molecule is NC(=O)CN(CC(=O)O)CC(=O)NCc1cccs1. The van der Waals surface area contributed by atoms with Crippen LogP contribution in [0.5, 0.6) is 0 Å². The third-order valence-electron chi connectivity index (χ3n) is 2.15. The van der Waals surface area contributed by atoms with Crippen molar-refractivity contribution < 1.29 is 19.5 Å². The molecule has 1 rings (SSSR count). The van der Waals surface area contributed by atoms with Gasteiger partial charge < -0.3 is 16.2 Å². The molecule has 104 valence electrons. The number of carboxylic acids is 1. The van der Waals surface area contributed by atoms with E-state index in [1.165, 1.54) is 16.2 Å². The maximum Gasteiger partial charge on any atom is 0.317 e. The van der Waals surface area contributed by atoms with Crippen LogP contribution in [0.1, 0.15) is 4.88 Å². The van der Waals surface area contributed by atoms with Crippen molar-refractivity contribution in [3.63, 3.8) is 0 Å². The van der Waals surface area contributed by atoms with Gasteiger partial charge in [0.1, 0.15) is 0 Å². The second kappa shape index (κ2) is 7.49. The number of hydrogen-bond donors (Lipinski definition) is 3. The van der Waals surface area contributed by atoms with Crippen molar-refractivity contribution in [3.05, 3.63) is 22.4 Å². The summed E-state index contributed by atoms with van der Waals surface area (Å²) in [4.78, 5) is 35.2. The average molecular weight is 285 g/mol. The fourth-order valence-corrected chi connectivity index (χ4v) is 2.08. The summed E-state index contributed by atoms with van der Waals surface area (Å²) in [5, 5.41) is 13.2. The molecule has 0 spiro atoms. The molecule has 7 nitrogen and oxygen atoms in total. The first kappa shape index (κ1) is 15.1. The minimum absolute atomic E-state index is 0.180. The van der Waals surface area contributed by atoms with E-state index in [0.717, 1.165) is 4.88 Å². The van der Waals surface area contributed by atoms with Crippen molar-refractivity contribution in [2.45, 2.75) is 6.54 Å². The first-order valence-electron chi connectivity index (χ1n) is 5.49. The number of nitrogens with one attached hydrogen (secondary N) is 1. The number of amides is 2. The first-order chi connectivity index (χ1) is 8.97. The molecule has 0 aliphatic heterocycles. The van der Waals surface area contributed by atoms with Gasteiger partial charge in [0, 0.05) is 4.88 Å². The lowest BCUT2D eigenvalue weighted by Gasteiger charge is -2.17. The summed E-state index contributed by atoms with van der Waals surface area (Å²) < 4.78 is 0. The zero-order valence-corrected chi connectivity index (χ0v) is 11.0. The van der Waals surface area contributed by atoms with Crippen molar-refractivity contribution >= 4 is 29.1 Å². The summed E-state index contributed by atoms with van der Waals surface area (Å²) in [7, 11) is 0. The van der Waals surface area contributed by atoms with Crippen LogP contribution in [0.4, 0.5) is 0 Å². The van der Waals surface area contributed by atoms with Crippen molar-refractivity contribution in [2.75, 3.05) is 19.6 Å². The number of carbonyl (C=O) groups excluding carboxylic acids is 2. The summed E-state index contributed by atoms with van der Waals surface area (Å²) in [5.74, 6) is -2.14. The lowest BCUT2D eigenvalue weighted by atomic mass is 10.4. The number of thiophene rings is 1. The van der Waals surface area contributed by atoms with E-state index in [0.29, 0.717) is 6.54 Å². The Morgan fingerprint density at radius 3 is 2.58 bits per heavy atom. The van der Waals surface area contributed by atoms with Gasteiger partial charge in [-0.1, -0.05) is 6.07 Å². The minimum atomic E-state index is -1.12. The Bertz CT molecular complexity index is 431. The van der Waals surface area contributed by atoms with Gasteiger partial charge in [0.05, 0.1) is 26.2 Å². The van der Waals surface area contributed by atoms with Crippen LogP contribution in [0.25, 0.3) is 0 Å². The quantitative estimate of drug-likeness (QED) is 0.581. The number of carbonyl (C=O) groups is 3. The molecule has 0 saturated carbocycles. The molecule has 4 N–H and O–H groups in total. The molecule has 0 unspecified atom stereocenters. The summed E-state index contributed by atoms with van der Waals surface area (Å²) in [6.07, 6.45) is 0. The Labute approximate surface area is 114 Å². The lowest BCUT2D eigenvalue weighted by Crippen LogP contribution is -2.43. The molecule has 0 radical (unpaired) electrons. The standard InChI is InChI=1S/C11H15N3O4S/c12-9(15)5-14(7-11(17)18)6-10(16)13-4-8-2-1-3-19-8/h1-3H,4-7H2,(H2,12,15)(H,13,16)(H,17,18). The van der Waals surface area contributed by atoms with Crippen molar-refractivity contribution in [1.82, 2.24) is 10.2 Å². The maximum absolute atomic E-state index is 11.6. The van der Waals surface area contributed by atoms with E-state index in [1.807, 2.05) is 17.5 Å². The summed E-state index contributed by atoms with van der Waals surface area (Å²) >= 11 is 1.51. The Balaban J connectivity index is 2.41. The zero-order valence-electron chi connectivity index (χ0n) is 10.2. The molecule has 0 bridgehead atoms. The Morgan fingerprint density at radius 1 is 1.32 bits per heavy atom. The van der Waals surface area contributed by atoms with E-state index in [2.05, 4.69) is 5.32 Å². The molecule has 1 aromatic rings. The number of nitrogens with two attached hydrogens (primary N) is 1. The molecular formula is C11H15N3O4S. The van der Waals surface area contributed by atoms with Crippen LogP contribution in [0.2, 0.25) is 0 Å². The molecule has 19 heavy (non-hydrogen) atoms. The van der Waals surface area contributed by atoms with Gasteiger partial charge in [0.2, 0.25) is 11.8 Å². The van der Waals surface area contributed by atoms with E-state index >= 15 is 0 Å². The number of nitrogens with zero attached hydrogens (tertiary/aromatic N) is 1. The van der Waals surface area contributed by atoms with Gasteiger partial charge in [0.15, 0.2) is 0 Å². The van der Waals surface area contributed by atoms with Gasteiger partial charge in [-0.3, -0.25) is 19.3 Å². The van der Waals surface area contributed by atoms with E-state index in [4.69, 9.17) is 10.8 Å². The number of rotatable bonds is 8. The molecule has 1 heterocycles. The van der Waals surface area contributed by atoms with Gasteiger partial charge in [-0.25, -0.2) is 0 Å². The molecule has 0 aliphatic carbocycles. The minimum Gasteiger partial charge on any atom is -0.480 e. The van der Waals surface area contributed by atoms with E-state index in [-0.39, 0.29) is 19.0 Å². The summed E-state index contributed by atoms with van der Waals surface area (Å²) in [5.41, 5.74) is 4.99. The molecule has 0 aromatic carbocycles. The van der Waals surface area contributed by atoms with Crippen molar-refractivity contribution in [2.24, 2.45) is 5.73 Å². The number of primary amides is 1. The average Bonchev–Trinajstić information content (AvgIpc) is 2.77. The monoisotopic (exact) mass is 285 g/mol. The normalized spacial score (nSPS) is 10.4. The molecule has 0 atom stereocenters.